The summed E-state index contributed by atoms with van der Waals surface area (Å²) in [6.45, 7) is 2.21. The van der Waals surface area contributed by atoms with Gasteiger partial charge >= 0.3 is 0 Å². The SMILES string of the molecule is COc1c(C(F)F)cc(F)cc1C(C)CCN. The van der Waals surface area contributed by atoms with Crippen LogP contribution in [0.2, 0.25) is 0 Å². The summed E-state index contributed by atoms with van der Waals surface area (Å²) in [6.07, 6.45) is -2.17. The van der Waals surface area contributed by atoms with Gasteiger partial charge in [0, 0.05) is 5.56 Å². The number of benzene rings is 1. The molecule has 0 saturated carbocycles. The lowest BCUT2D eigenvalue weighted by molar-refractivity contribution is 0.146. The smallest absolute Gasteiger partial charge is 0.267 e. The monoisotopic (exact) mass is 247 g/mol. The lowest BCUT2D eigenvalue weighted by Gasteiger charge is -2.18. The highest BCUT2D eigenvalue weighted by Gasteiger charge is 2.21. The Morgan fingerprint density at radius 1 is 1.29 bits per heavy atom. The largest absolute Gasteiger partial charge is 0.496 e. The second-order valence-corrected chi connectivity index (χ2v) is 3.90. The van der Waals surface area contributed by atoms with Crippen molar-refractivity contribution in [2.75, 3.05) is 13.7 Å². The van der Waals surface area contributed by atoms with E-state index in [4.69, 9.17) is 10.5 Å². The highest BCUT2D eigenvalue weighted by molar-refractivity contribution is 5.44. The van der Waals surface area contributed by atoms with Crippen LogP contribution in [0.5, 0.6) is 5.75 Å². The van der Waals surface area contributed by atoms with Gasteiger partial charge in [-0.1, -0.05) is 6.92 Å². The standard InChI is InChI=1S/C12H16F3NO/c1-7(3-4-16)9-5-8(13)6-10(12(14)15)11(9)17-2/h5-7,12H,3-4,16H2,1-2H3. The molecular weight excluding hydrogens is 231 g/mol. The summed E-state index contributed by atoms with van der Waals surface area (Å²) in [7, 11) is 1.30. The van der Waals surface area contributed by atoms with Crippen molar-refractivity contribution in [2.24, 2.45) is 5.73 Å². The van der Waals surface area contributed by atoms with E-state index in [1.165, 1.54) is 13.2 Å². The molecule has 1 rings (SSSR count). The van der Waals surface area contributed by atoms with E-state index < -0.39 is 17.8 Å². The third kappa shape index (κ3) is 3.12. The molecule has 0 heterocycles. The fourth-order valence-electron chi connectivity index (χ4n) is 1.81. The summed E-state index contributed by atoms with van der Waals surface area (Å²) in [6, 6.07) is 2.03. The summed E-state index contributed by atoms with van der Waals surface area (Å²) in [5.41, 5.74) is 5.44. The molecule has 96 valence electrons. The molecule has 0 aliphatic carbocycles. The van der Waals surface area contributed by atoms with Gasteiger partial charge in [-0.3, -0.25) is 0 Å². The van der Waals surface area contributed by atoms with E-state index in [0.29, 0.717) is 18.5 Å². The number of rotatable bonds is 5. The lowest BCUT2D eigenvalue weighted by Crippen LogP contribution is -2.08. The lowest BCUT2D eigenvalue weighted by atomic mass is 9.94. The van der Waals surface area contributed by atoms with Gasteiger partial charge < -0.3 is 10.5 Å². The number of alkyl halides is 2. The molecule has 2 nitrogen and oxygen atoms in total. The molecule has 1 atom stereocenters. The van der Waals surface area contributed by atoms with Gasteiger partial charge in [-0.25, -0.2) is 13.2 Å². The minimum Gasteiger partial charge on any atom is -0.496 e. The fraction of sp³-hybridized carbons (Fsp3) is 0.500. The predicted molar refractivity (Wildman–Crippen MR) is 60.0 cm³/mol. The van der Waals surface area contributed by atoms with Crippen molar-refractivity contribution in [3.05, 3.63) is 29.1 Å². The van der Waals surface area contributed by atoms with Crippen LogP contribution in [0.15, 0.2) is 12.1 Å². The normalized spacial score (nSPS) is 12.9. The molecule has 0 fully saturated rings. The van der Waals surface area contributed by atoms with Crippen LogP contribution in [-0.2, 0) is 0 Å². The van der Waals surface area contributed by atoms with Crippen molar-refractivity contribution in [1.82, 2.24) is 0 Å². The second kappa shape index (κ2) is 5.91. The number of halogens is 3. The molecule has 1 aromatic rings. The predicted octanol–water partition coefficient (Wildman–Crippen LogP) is 3.22. The summed E-state index contributed by atoms with van der Waals surface area (Å²) >= 11 is 0. The summed E-state index contributed by atoms with van der Waals surface area (Å²) < 4.78 is 43.8. The average molecular weight is 247 g/mol. The van der Waals surface area contributed by atoms with E-state index in [1.807, 2.05) is 0 Å². The molecule has 0 aliphatic heterocycles. The minimum absolute atomic E-state index is 0.0577. The van der Waals surface area contributed by atoms with Crippen molar-refractivity contribution in [3.63, 3.8) is 0 Å². The van der Waals surface area contributed by atoms with Crippen molar-refractivity contribution in [2.45, 2.75) is 25.7 Å². The van der Waals surface area contributed by atoms with E-state index in [0.717, 1.165) is 6.07 Å². The van der Waals surface area contributed by atoms with Crippen molar-refractivity contribution in [1.29, 1.82) is 0 Å². The van der Waals surface area contributed by atoms with Crippen LogP contribution in [0.1, 0.15) is 36.8 Å². The molecule has 0 amide bonds. The molecule has 0 aliphatic rings. The molecule has 0 bridgehead atoms. The third-order valence-corrected chi connectivity index (χ3v) is 2.68. The van der Waals surface area contributed by atoms with E-state index in [1.54, 1.807) is 6.92 Å². The maximum atomic E-state index is 13.3. The van der Waals surface area contributed by atoms with Crippen molar-refractivity contribution in [3.8, 4) is 5.75 Å². The Morgan fingerprint density at radius 2 is 1.88 bits per heavy atom. The van der Waals surface area contributed by atoms with Gasteiger partial charge in [0.15, 0.2) is 0 Å². The first-order chi connectivity index (χ1) is 8.01. The third-order valence-electron chi connectivity index (χ3n) is 2.68. The quantitative estimate of drug-likeness (QED) is 0.867. The average Bonchev–Trinajstić information content (AvgIpc) is 2.28. The zero-order valence-corrected chi connectivity index (χ0v) is 9.84. The first-order valence-corrected chi connectivity index (χ1v) is 5.36. The first-order valence-electron chi connectivity index (χ1n) is 5.36. The Hall–Kier alpha value is -1.23. The molecule has 2 N–H and O–H groups in total. The minimum atomic E-state index is -2.76. The highest BCUT2D eigenvalue weighted by Crippen LogP contribution is 2.37. The Morgan fingerprint density at radius 3 is 2.35 bits per heavy atom. The number of hydrogen-bond donors (Lipinski definition) is 1. The van der Waals surface area contributed by atoms with Crippen LogP contribution in [0.3, 0.4) is 0 Å². The molecule has 0 spiro atoms. The highest BCUT2D eigenvalue weighted by atomic mass is 19.3. The summed E-state index contributed by atoms with van der Waals surface area (Å²) in [4.78, 5) is 0. The van der Waals surface area contributed by atoms with Crippen LogP contribution in [0, 0.1) is 5.82 Å². The maximum absolute atomic E-state index is 13.3. The topological polar surface area (TPSA) is 35.2 Å². The van der Waals surface area contributed by atoms with Crippen LogP contribution < -0.4 is 10.5 Å². The van der Waals surface area contributed by atoms with Gasteiger partial charge in [-0.05, 0) is 31.0 Å². The fourth-order valence-corrected chi connectivity index (χ4v) is 1.81. The first kappa shape index (κ1) is 13.8. The summed E-state index contributed by atoms with van der Waals surface area (Å²) in [5, 5.41) is 0. The molecule has 17 heavy (non-hydrogen) atoms. The molecule has 5 heteroatoms. The molecule has 0 radical (unpaired) electrons. The Kier molecular flexibility index (Phi) is 4.81. The van der Waals surface area contributed by atoms with Gasteiger partial charge in [-0.15, -0.1) is 0 Å². The number of nitrogens with two attached hydrogens (primary N) is 1. The zero-order chi connectivity index (χ0) is 13.0. The summed E-state index contributed by atoms with van der Waals surface area (Å²) in [5.74, 6) is -0.745. The molecular formula is C12H16F3NO. The number of ether oxygens (including phenoxy) is 1. The maximum Gasteiger partial charge on any atom is 0.267 e. The molecule has 0 saturated heterocycles. The molecule has 1 unspecified atom stereocenters. The zero-order valence-electron chi connectivity index (χ0n) is 9.84. The van der Waals surface area contributed by atoms with E-state index in [9.17, 15) is 13.2 Å². The van der Waals surface area contributed by atoms with E-state index in [-0.39, 0.29) is 11.7 Å². The van der Waals surface area contributed by atoms with E-state index in [2.05, 4.69) is 0 Å². The van der Waals surface area contributed by atoms with Crippen molar-refractivity contribution >= 4 is 0 Å². The Balaban J connectivity index is 3.27. The molecule has 0 aromatic heterocycles. The molecule has 1 aromatic carbocycles. The van der Waals surface area contributed by atoms with Crippen LogP contribution in [0.25, 0.3) is 0 Å². The second-order valence-electron chi connectivity index (χ2n) is 3.90. The Labute approximate surface area is 98.6 Å². The van der Waals surface area contributed by atoms with Gasteiger partial charge in [0.25, 0.3) is 6.43 Å². The van der Waals surface area contributed by atoms with E-state index >= 15 is 0 Å². The van der Waals surface area contributed by atoms with Gasteiger partial charge in [0.2, 0.25) is 0 Å². The Bertz CT molecular complexity index is 382. The van der Waals surface area contributed by atoms with Gasteiger partial charge in [-0.2, -0.15) is 0 Å². The van der Waals surface area contributed by atoms with Gasteiger partial charge in [0.1, 0.15) is 11.6 Å². The number of methoxy groups -OCH3 is 1. The van der Waals surface area contributed by atoms with Crippen LogP contribution in [-0.4, -0.2) is 13.7 Å². The van der Waals surface area contributed by atoms with Gasteiger partial charge in [0.05, 0.1) is 12.7 Å². The van der Waals surface area contributed by atoms with Crippen molar-refractivity contribution < 1.29 is 17.9 Å². The van der Waals surface area contributed by atoms with Crippen LogP contribution in [0.4, 0.5) is 13.2 Å². The number of hydrogen-bond acceptors (Lipinski definition) is 2. The van der Waals surface area contributed by atoms with Crippen LogP contribution >= 0.6 is 0 Å².